The van der Waals surface area contributed by atoms with E-state index in [0.717, 1.165) is 45.7 Å². The molecule has 13 heavy (non-hydrogen) atoms. The van der Waals surface area contributed by atoms with Gasteiger partial charge in [-0.1, -0.05) is 6.92 Å². The topological polar surface area (TPSA) is 18.5 Å². The molecule has 2 atom stereocenters. The predicted molar refractivity (Wildman–Crippen MR) is 54.3 cm³/mol. The summed E-state index contributed by atoms with van der Waals surface area (Å²) in [5.41, 5.74) is 0. The molecule has 1 saturated heterocycles. The summed E-state index contributed by atoms with van der Waals surface area (Å²) in [4.78, 5) is 0. The van der Waals surface area contributed by atoms with E-state index in [1.54, 1.807) is 0 Å². The zero-order valence-corrected chi connectivity index (χ0v) is 9.05. The van der Waals surface area contributed by atoms with Crippen molar-refractivity contribution in [2.45, 2.75) is 31.6 Å². The molecule has 1 aliphatic rings. The average molecular weight is 207 g/mol. The molecule has 78 valence electrons. The zero-order chi connectivity index (χ0) is 9.52. The number of alkyl halides is 1. The second kappa shape index (κ2) is 6.63. The van der Waals surface area contributed by atoms with Gasteiger partial charge in [0.15, 0.2) is 0 Å². The molecule has 0 saturated carbocycles. The first-order valence-electron chi connectivity index (χ1n) is 5.14. The summed E-state index contributed by atoms with van der Waals surface area (Å²) in [6, 6.07) is 0. The average Bonchev–Trinajstić information content (AvgIpc) is 2.15. The first-order chi connectivity index (χ1) is 6.34. The van der Waals surface area contributed by atoms with Gasteiger partial charge in [0.1, 0.15) is 0 Å². The lowest BCUT2D eigenvalue weighted by Gasteiger charge is -2.26. The van der Waals surface area contributed by atoms with Crippen molar-refractivity contribution >= 4 is 11.6 Å². The monoisotopic (exact) mass is 206 g/mol. The van der Waals surface area contributed by atoms with Crippen LogP contribution in [0.5, 0.6) is 0 Å². The summed E-state index contributed by atoms with van der Waals surface area (Å²) in [5, 5.41) is 0.291. The van der Waals surface area contributed by atoms with Gasteiger partial charge < -0.3 is 9.47 Å². The number of hydrogen-bond acceptors (Lipinski definition) is 2. The van der Waals surface area contributed by atoms with E-state index in [2.05, 4.69) is 6.92 Å². The van der Waals surface area contributed by atoms with Crippen molar-refractivity contribution in [1.29, 1.82) is 0 Å². The lowest BCUT2D eigenvalue weighted by atomic mass is 9.98. The minimum atomic E-state index is 0.291. The van der Waals surface area contributed by atoms with Gasteiger partial charge in [-0.05, 0) is 19.3 Å². The minimum Gasteiger partial charge on any atom is -0.381 e. The molecule has 0 spiro atoms. The third-order valence-corrected chi connectivity index (χ3v) is 2.94. The largest absolute Gasteiger partial charge is 0.381 e. The highest BCUT2D eigenvalue weighted by atomic mass is 35.5. The number of halogens is 1. The van der Waals surface area contributed by atoms with Crippen LogP contribution in [0.15, 0.2) is 0 Å². The van der Waals surface area contributed by atoms with Crippen LogP contribution in [0.1, 0.15) is 26.2 Å². The molecule has 2 unspecified atom stereocenters. The minimum absolute atomic E-state index is 0.291. The highest BCUT2D eigenvalue weighted by Crippen LogP contribution is 2.23. The van der Waals surface area contributed by atoms with Crippen molar-refractivity contribution in [3.05, 3.63) is 0 Å². The Bertz CT molecular complexity index is 130. The van der Waals surface area contributed by atoms with E-state index in [4.69, 9.17) is 21.1 Å². The molecule has 0 aromatic heterocycles. The summed E-state index contributed by atoms with van der Waals surface area (Å²) >= 11 is 6.16. The molecule has 0 radical (unpaired) electrons. The Kier molecular flexibility index (Phi) is 5.76. The molecule has 0 N–H and O–H groups in total. The van der Waals surface area contributed by atoms with Crippen molar-refractivity contribution in [2.75, 3.05) is 26.4 Å². The molecule has 1 heterocycles. The van der Waals surface area contributed by atoms with Crippen molar-refractivity contribution in [2.24, 2.45) is 5.92 Å². The first-order valence-corrected chi connectivity index (χ1v) is 5.57. The maximum atomic E-state index is 6.16. The second-order valence-corrected chi connectivity index (χ2v) is 4.10. The molecule has 2 nitrogen and oxygen atoms in total. The Morgan fingerprint density at radius 1 is 1.46 bits per heavy atom. The quantitative estimate of drug-likeness (QED) is 0.508. The van der Waals surface area contributed by atoms with E-state index in [9.17, 15) is 0 Å². The Labute approximate surface area is 85.5 Å². The molecule has 1 rings (SSSR count). The Morgan fingerprint density at radius 2 is 2.31 bits per heavy atom. The third kappa shape index (κ3) is 4.30. The van der Waals surface area contributed by atoms with Gasteiger partial charge in [-0.25, -0.2) is 0 Å². The summed E-state index contributed by atoms with van der Waals surface area (Å²) in [5.74, 6) is 0.493. The Hall–Kier alpha value is 0.210. The van der Waals surface area contributed by atoms with Gasteiger partial charge in [-0.15, -0.1) is 11.6 Å². The van der Waals surface area contributed by atoms with Gasteiger partial charge in [0.05, 0.1) is 6.61 Å². The van der Waals surface area contributed by atoms with Crippen molar-refractivity contribution in [3.63, 3.8) is 0 Å². The maximum absolute atomic E-state index is 6.16. The molecule has 0 amide bonds. The van der Waals surface area contributed by atoms with Crippen LogP contribution in [0.4, 0.5) is 0 Å². The van der Waals surface area contributed by atoms with Crippen LogP contribution in [0.3, 0.4) is 0 Å². The SMILES string of the molecule is CCCOCCC1COCCC1Cl. The smallest absolute Gasteiger partial charge is 0.0509 e. The van der Waals surface area contributed by atoms with Gasteiger partial charge >= 0.3 is 0 Å². The van der Waals surface area contributed by atoms with Crippen molar-refractivity contribution in [1.82, 2.24) is 0 Å². The standard InChI is InChI=1S/C10H19ClO2/c1-2-5-12-6-3-9-8-13-7-4-10(9)11/h9-10H,2-8H2,1H3. The van der Waals surface area contributed by atoms with E-state index in [0.29, 0.717) is 11.3 Å². The molecular formula is C10H19ClO2. The second-order valence-electron chi connectivity index (χ2n) is 3.54. The van der Waals surface area contributed by atoms with Crippen LogP contribution in [0.25, 0.3) is 0 Å². The summed E-state index contributed by atoms with van der Waals surface area (Å²) < 4.78 is 10.8. The van der Waals surface area contributed by atoms with Gasteiger partial charge in [0.2, 0.25) is 0 Å². The lowest BCUT2D eigenvalue weighted by Crippen LogP contribution is -2.29. The van der Waals surface area contributed by atoms with E-state index < -0.39 is 0 Å². The van der Waals surface area contributed by atoms with Crippen LogP contribution in [-0.4, -0.2) is 31.8 Å². The fourth-order valence-electron chi connectivity index (χ4n) is 1.52. The van der Waals surface area contributed by atoms with E-state index >= 15 is 0 Å². The van der Waals surface area contributed by atoms with Crippen LogP contribution >= 0.6 is 11.6 Å². The first kappa shape index (κ1) is 11.3. The normalized spacial score (nSPS) is 29.1. The highest BCUT2D eigenvalue weighted by Gasteiger charge is 2.23. The summed E-state index contributed by atoms with van der Waals surface area (Å²) in [7, 11) is 0. The molecule has 1 fully saturated rings. The molecular weight excluding hydrogens is 188 g/mol. The van der Waals surface area contributed by atoms with Crippen LogP contribution in [0.2, 0.25) is 0 Å². The van der Waals surface area contributed by atoms with Crippen LogP contribution in [0, 0.1) is 5.92 Å². The van der Waals surface area contributed by atoms with E-state index in [-0.39, 0.29) is 0 Å². The van der Waals surface area contributed by atoms with Crippen LogP contribution in [-0.2, 0) is 9.47 Å². The van der Waals surface area contributed by atoms with E-state index in [1.165, 1.54) is 0 Å². The lowest BCUT2D eigenvalue weighted by molar-refractivity contribution is 0.0368. The van der Waals surface area contributed by atoms with E-state index in [1.807, 2.05) is 0 Å². The number of ether oxygens (including phenoxy) is 2. The summed E-state index contributed by atoms with van der Waals surface area (Å²) in [6.45, 7) is 5.43. The van der Waals surface area contributed by atoms with Gasteiger partial charge in [-0.2, -0.15) is 0 Å². The highest BCUT2D eigenvalue weighted by molar-refractivity contribution is 6.20. The Balaban J connectivity index is 2.05. The summed E-state index contributed by atoms with van der Waals surface area (Å²) in [6.07, 6.45) is 3.11. The molecule has 1 aliphatic heterocycles. The molecule has 0 aliphatic carbocycles. The molecule has 0 bridgehead atoms. The van der Waals surface area contributed by atoms with Crippen molar-refractivity contribution < 1.29 is 9.47 Å². The maximum Gasteiger partial charge on any atom is 0.0509 e. The molecule has 3 heteroatoms. The molecule has 0 aromatic carbocycles. The van der Waals surface area contributed by atoms with Crippen LogP contribution < -0.4 is 0 Å². The fraction of sp³-hybridized carbons (Fsp3) is 1.00. The Morgan fingerprint density at radius 3 is 3.00 bits per heavy atom. The molecule has 0 aromatic rings. The van der Waals surface area contributed by atoms with Gasteiger partial charge in [-0.3, -0.25) is 0 Å². The van der Waals surface area contributed by atoms with Gasteiger partial charge in [0.25, 0.3) is 0 Å². The van der Waals surface area contributed by atoms with Gasteiger partial charge in [0, 0.05) is 31.1 Å². The fourth-order valence-corrected chi connectivity index (χ4v) is 1.80. The van der Waals surface area contributed by atoms with Crippen molar-refractivity contribution in [3.8, 4) is 0 Å². The number of rotatable bonds is 5. The number of hydrogen-bond donors (Lipinski definition) is 0. The predicted octanol–water partition coefficient (Wildman–Crippen LogP) is 2.45. The zero-order valence-electron chi connectivity index (χ0n) is 8.30. The third-order valence-electron chi connectivity index (χ3n) is 2.36.